The number of rotatable bonds is 6. The van der Waals surface area contributed by atoms with Crippen LogP contribution in [0.25, 0.3) is 0 Å². The van der Waals surface area contributed by atoms with Gasteiger partial charge >= 0.3 is 0 Å². The van der Waals surface area contributed by atoms with Crippen LogP contribution < -0.4 is 10.6 Å². The molecule has 116 valence electrons. The molecule has 8 heteroatoms. The van der Waals surface area contributed by atoms with Crippen molar-refractivity contribution in [3.63, 3.8) is 0 Å². The minimum absolute atomic E-state index is 0.0285. The summed E-state index contributed by atoms with van der Waals surface area (Å²) >= 11 is 3.28. The standard InChI is InChI=1S/C13H17BrN2O4S/c1-9(17)15-12(7-8-21(2,19)20)13(18)16-11-5-3-10(14)4-6-11/h3-6,12H,7-8H2,1-2H3,(H,15,17)(H,16,18)/t12-/m1/s1. The van der Waals surface area contributed by atoms with Gasteiger partial charge in [-0.3, -0.25) is 9.59 Å². The van der Waals surface area contributed by atoms with E-state index in [1.165, 1.54) is 6.92 Å². The zero-order valence-corrected chi connectivity index (χ0v) is 14.1. The molecule has 21 heavy (non-hydrogen) atoms. The highest BCUT2D eigenvalue weighted by Gasteiger charge is 2.21. The Morgan fingerprint density at radius 1 is 1.24 bits per heavy atom. The molecule has 0 fully saturated rings. The topological polar surface area (TPSA) is 92.3 Å². The number of benzene rings is 1. The van der Waals surface area contributed by atoms with E-state index in [1.807, 2.05) is 0 Å². The van der Waals surface area contributed by atoms with Crippen LogP contribution in [-0.2, 0) is 19.4 Å². The maximum Gasteiger partial charge on any atom is 0.246 e. The SMILES string of the molecule is CC(=O)N[C@H](CCS(C)(=O)=O)C(=O)Nc1ccc(Br)cc1. The summed E-state index contributed by atoms with van der Waals surface area (Å²) in [5, 5.41) is 5.10. The molecule has 0 heterocycles. The summed E-state index contributed by atoms with van der Waals surface area (Å²) in [6.07, 6.45) is 1.12. The summed E-state index contributed by atoms with van der Waals surface area (Å²) < 4.78 is 23.3. The van der Waals surface area contributed by atoms with Gasteiger partial charge < -0.3 is 10.6 Å². The summed E-state index contributed by atoms with van der Waals surface area (Å²) in [4.78, 5) is 23.3. The molecular weight excluding hydrogens is 360 g/mol. The second kappa shape index (κ2) is 7.56. The average Bonchev–Trinajstić information content (AvgIpc) is 2.35. The van der Waals surface area contributed by atoms with Crippen molar-refractivity contribution in [3.8, 4) is 0 Å². The molecular formula is C13H17BrN2O4S. The maximum atomic E-state index is 12.1. The lowest BCUT2D eigenvalue weighted by Crippen LogP contribution is -2.43. The van der Waals surface area contributed by atoms with Crippen molar-refractivity contribution in [1.29, 1.82) is 0 Å². The second-order valence-corrected chi connectivity index (χ2v) is 7.84. The summed E-state index contributed by atoms with van der Waals surface area (Å²) in [7, 11) is -3.20. The van der Waals surface area contributed by atoms with Crippen molar-refractivity contribution in [2.24, 2.45) is 0 Å². The molecule has 0 unspecified atom stereocenters. The van der Waals surface area contributed by atoms with Gasteiger partial charge in [0.15, 0.2) is 0 Å². The Morgan fingerprint density at radius 2 is 1.81 bits per heavy atom. The molecule has 2 N–H and O–H groups in total. The van der Waals surface area contributed by atoms with Gasteiger partial charge in [-0.1, -0.05) is 15.9 Å². The van der Waals surface area contributed by atoms with E-state index in [0.29, 0.717) is 5.69 Å². The molecule has 0 aromatic heterocycles. The first-order valence-corrected chi connectivity index (χ1v) is 9.04. The highest BCUT2D eigenvalue weighted by molar-refractivity contribution is 9.10. The van der Waals surface area contributed by atoms with E-state index in [9.17, 15) is 18.0 Å². The lowest BCUT2D eigenvalue weighted by Gasteiger charge is -2.17. The van der Waals surface area contributed by atoms with Crippen molar-refractivity contribution < 1.29 is 18.0 Å². The number of hydrogen-bond acceptors (Lipinski definition) is 4. The third-order valence-electron chi connectivity index (χ3n) is 2.58. The van der Waals surface area contributed by atoms with Crippen LogP contribution in [0.3, 0.4) is 0 Å². The van der Waals surface area contributed by atoms with Crippen LogP contribution >= 0.6 is 15.9 Å². The monoisotopic (exact) mass is 376 g/mol. The van der Waals surface area contributed by atoms with E-state index in [0.717, 1.165) is 10.7 Å². The maximum absolute atomic E-state index is 12.1. The molecule has 0 saturated heterocycles. The molecule has 0 saturated carbocycles. The molecule has 0 aliphatic rings. The first-order chi connectivity index (χ1) is 9.67. The van der Waals surface area contributed by atoms with Crippen molar-refractivity contribution >= 4 is 43.3 Å². The highest BCUT2D eigenvalue weighted by Crippen LogP contribution is 2.14. The van der Waals surface area contributed by atoms with Crippen molar-refractivity contribution in [1.82, 2.24) is 5.32 Å². The van der Waals surface area contributed by atoms with Crippen molar-refractivity contribution in [2.45, 2.75) is 19.4 Å². The number of halogens is 1. The quantitative estimate of drug-likeness (QED) is 0.782. The summed E-state index contributed by atoms with van der Waals surface area (Å²) in [5.41, 5.74) is 0.568. The van der Waals surface area contributed by atoms with E-state index in [4.69, 9.17) is 0 Å². The zero-order valence-electron chi connectivity index (χ0n) is 11.7. The van der Waals surface area contributed by atoms with Gasteiger partial charge in [-0.05, 0) is 30.7 Å². The molecule has 0 spiro atoms. The van der Waals surface area contributed by atoms with Crippen LogP contribution in [-0.4, -0.2) is 38.3 Å². The van der Waals surface area contributed by atoms with Crippen molar-refractivity contribution in [3.05, 3.63) is 28.7 Å². The third-order valence-corrected chi connectivity index (χ3v) is 4.09. The molecule has 0 aliphatic carbocycles. The fourth-order valence-corrected chi connectivity index (χ4v) is 2.54. The first kappa shape index (κ1) is 17.6. The molecule has 0 bridgehead atoms. The Labute approximate surface area is 132 Å². The van der Waals surface area contributed by atoms with Crippen LogP contribution in [0.2, 0.25) is 0 Å². The van der Waals surface area contributed by atoms with Crippen molar-refractivity contribution in [2.75, 3.05) is 17.3 Å². The lowest BCUT2D eigenvalue weighted by atomic mass is 10.2. The minimum atomic E-state index is -3.20. The second-order valence-electron chi connectivity index (χ2n) is 4.67. The number of amides is 2. The van der Waals surface area contributed by atoms with Gasteiger partial charge in [0.1, 0.15) is 15.9 Å². The molecule has 0 radical (unpaired) electrons. The summed E-state index contributed by atoms with van der Waals surface area (Å²) in [6, 6.07) is 6.03. The summed E-state index contributed by atoms with van der Waals surface area (Å²) in [5.74, 6) is -1.01. The Bertz CT molecular complexity index is 614. The molecule has 1 atom stereocenters. The molecule has 1 aromatic rings. The van der Waals surface area contributed by atoms with Crippen LogP contribution in [0.15, 0.2) is 28.7 Å². The molecule has 6 nitrogen and oxygen atoms in total. The Morgan fingerprint density at radius 3 is 2.29 bits per heavy atom. The Balaban J connectivity index is 2.74. The third kappa shape index (κ3) is 7.24. The van der Waals surface area contributed by atoms with E-state index in [1.54, 1.807) is 24.3 Å². The van der Waals surface area contributed by atoms with Gasteiger partial charge in [-0.2, -0.15) is 0 Å². The number of carbonyl (C=O) groups is 2. The van der Waals surface area contributed by atoms with Gasteiger partial charge in [0.05, 0.1) is 5.75 Å². The molecule has 0 aliphatic heterocycles. The van der Waals surface area contributed by atoms with Gasteiger partial charge in [-0.25, -0.2) is 8.42 Å². The van der Waals surface area contributed by atoms with E-state index in [-0.39, 0.29) is 18.1 Å². The van der Waals surface area contributed by atoms with Crippen LogP contribution in [0.1, 0.15) is 13.3 Å². The number of nitrogens with one attached hydrogen (secondary N) is 2. The fraction of sp³-hybridized carbons (Fsp3) is 0.385. The smallest absolute Gasteiger partial charge is 0.246 e. The average molecular weight is 377 g/mol. The predicted octanol–water partition coefficient (Wildman–Crippen LogP) is 1.33. The number of anilines is 1. The van der Waals surface area contributed by atoms with E-state index >= 15 is 0 Å². The molecule has 1 aromatic carbocycles. The predicted molar refractivity (Wildman–Crippen MR) is 84.7 cm³/mol. The van der Waals surface area contributed by atoms with Gasteiger partial charge in [0.2, 0.25) is 11.8 Å². The lowest BCUT2D eigenvalue weighted by molar-refractivity contribution is -0.125. The van der Waals surface area contributed by atoms with Gasteiger partial charge in [0.25, 0.3) is 0 Å². The fourth-order valence-electron chi connectivity index (χ4n) is 1.61. The van der Waals surface area contributed by atoms with Crippen LogP contribution in [0.5, 0.6) is 0 Å². The van der Waals surface area contributed by atoms with Crippen LogP contribution in [0.4, 0.5) is 5.69 Å². The normalized spacial score (nSPS) is 12.5. The zero-order chi connectivity index (χ0) is 16.0. The van der Waals surface area contributed by atoms with Gasteiger partial charge in [0, 0.05) is 23.3 Å². The molecule has 1 rings (SSSR count). The largest absolute Gasteiger partial charge is 0.345 e. The minimum Gasteiger partial charge on any atom is -0.345 e. The molecule has 2 amide bonds. The first-order valence-electron chi connectivity index (χ1n) is 6.18. The Kier molecular flexibility index (Phi) is 6.35. The summed E-state index contributed by atoms with van der Waals surface area (Å²) in [6.45, 7) is 1.28. The van der Waals surface area contributed by atoms with E-state index in [2.05, 4.69) is 26.6 Å². The Hall–Kier alpha value is -1.41. The van der Waals surface area contributed by atoms with Crippen LogP contribution in [0, 0.1) is 0 Å². The van der Waals surface area contributed by atoms with Gasteiger partial charge in [-0.15, -0.1) is 0 Å². The number of hydrogen-bond donors (Lipinski definition) is 2. The highest BCUT2D eigenvalue weighted by atomic mass is 79.9. The number of carbonyl (C=O) groups excluding carboxylic acids is 2. The van der Waals surface area contributed by atoms with E-state index < -0.39 is 21.8 Å². The number of sulfone groups is 1.